The van der Waals surface area contributed by atoms with Crippen LogP contribution in [0, 0.1) is 0 Å². The van der Waals surface area contributed by atoms with Crippen molar-refractivity contribution in [3.8, 4) is 17.2 Å². The van der Waals surface area contributed by atoms with Gasteiger partial charge >= 0.3 is 6.03 Å². The lowest BCUT2D eigenvalue weighted by Crippen LogP contribution is -2.22. The zero-order valence-corrected chi connectivity index (χ0v) is 9.48. The number of benzene rings is 1. The molecule has 2 aliphatic heterocycles. The quantitative estimate of drug-likeness (QED) is 0.737. The van der Waals surface area contributed by atoms with E-state index >= 15 is 0 Å². The maximum atomic E-state index is 11.6. The van der Waals surface area contributed by atoms with E-state index in [9.17, 15) is 9.59 Å². The predicted molar refractivity (Wildman–Crippen MR) is 58.5 cm³/mol. The van der Waals surface area contributed by atoms with Crippen molar-refractivity contribution in [2.45, 2.75) is 6.04 Å². The Hall–Kier alpha value is -2.44. The topological polar surface area (TPSA) is 85.9 Å². The number of nitrogens with one attached hydrogen (secondary N) is 2. The third-order valence-corrected chi connectivity index (χ3v) is 2.79. The van der Waals surface area contributed by atoms with Crippen LogP contribution in [0.4, 0.5) is 4.79 Å². The highest BCUT2D eigenvalue weighted by atomic mass is 16.7. The number of fused-ring (bicyclic) bond motifs is 1. The van der Waals surface area contributed by atoms with Crippen molar-refractivity contribution in [3.05, 3.63) is 17.7 Å². The Balaban J connectivity index is 2.03. The number of urea groups is 1. The summed E-state index contributed by atoms with van der Waals surface area (Å²) in [6.07, 6.45) is 0. The SMILES string of the molecule is COc1cc(C2NC(=O)NC2=O)cc2c1OCO2. The molecule has 0 aromatic heterocycles. The molecule has 0 bridgehead atoms. The molecular formula is C11H10N2O5. The largest absolute Gasteiger partial charge is 0.493 e. The molecule has 2 N–H and O–H groups in total. The molecule has 2 aliphatic rings. The van der Waals surface area contributed by atoms with E-state index in [2.05, 4.69) is 10.6 Å². The van der Waals surface area contributed by atoms with E-state index in [1.54, 1.807) is 12.1 Å². The fraction of sp³-hybridized carbons (Fsp3) is 0.273. The summed E-state index contributed by atoms with van der Waals surface area (Å²) in [6.45, 7) is 0.109. The maximum absolute atomic E-state index is 11.6. The number of hydrogen-bond acceptors (Lipinski definition) is 5. The number of ether oxygens (including phenoxy) is 3. The molecule has 1 aromatic carbocycles. The fourth-order valence-corrected chi connectivity index (χ4v) is 1.97. The first kappa shape index (κ1) is 10.7. The van der Waals surface area contributed by atoms with Crippen LogP contribution in [-0.2, 0) is 4.79 Å². The third kappa shape index (κ3) is 1.52. The second kappa shape index (κ2) is 3.80. The summed E-state index contributed by atoms with van der Waals surface area (Å²) < 4.78 is 15.7. The minimum absolute atomic E-state index is 0.109. The molecule has 0 aliphatic carbocycles. The summed E-state index contributed by atoms with van der Waals surface area (Å²) in [5, 5.41) is 4.68. The van der Waals surface area contributed by atoms with Crippen molar-refractivity contribution < 1.29 is 23.8 Å². The number of carbonyl (C=O) groups excluding carboxylic acids is 2. The molecular weight excluding hydrogens is 240 g/mol. The zero-order chi connectivity index (χ0) is 12.7. The fourth-order valence-electron chi connectivity index (χ4n) is 1.97. The molecule has 94 valence electrons. The van der Waals surface area contributed by atoms with Crippen LogP contribution in [0.3, 0.4) is 0 Å². The first-order valence-electron chi connectivity index (χ1n) is 5.28. The van der Waals surface area contributed by atoms with Crippen molar-refractivity contribution in [3.63, 3.8) is 0 Å². The molecule has 1 saturated heterocycles. The van der Waals surface area contributed by atoms with E-state index < -0.39 is 18.0 Å². The second-order valence-electron chi connectivity index (χ2n) is 3.85. The Kier molecular flexibility index (Phi) is 2.26. The first-order valence-corrected chi connectivity index (χ1v) is 5.28. The highest BCUT2D eigenvalue weighted by Gasteiger charge is 2.33. The summed E-state index contributed by atoms with van der Waals surface area (Å²) in [4.78, 5) is 22.7. The van der Waals surface area contributed by atoms with Gasteiger partial charge in [0.25, 0.3) is 5.91 Å². The number of hydrogen-bond donors (Lipinski definition) is 2. The van der Waals surface area contributed by atoms with Crippen LogP contribution in [0.5, 0.6) is 17.2 Å². The smallest absolute Gasteiger partial charge is 0.322 e. The van der Waals surface area contributed by atoms with Crippen LogP contribution < -0.4 is 24.8 Å². The standard InChI is InChI=1S/C11H10N2O5/c1-16-6-2-5(3-7-9(6)18-4-17-7)8-10(14)13-11(15)12-8/h2-3,8H,4H2,1H3,(H2,12,13,14,15). The summed E-state index contributed by atoms with van der Waals surface area (Å²) in [7, 11) is 1.49. The molecule has 7 heteroatoms. The maximum Gasteiger partial charge on any atom is 0.322 e. The summed E-state index contributed by atoms with van der Waals surface area (Å²) >= 11 is 0. The van der Waals surface area contributed by atoms with Crippen LogP contribution in [-0.4, -0.2) is 25.8 Å². The van der Waals surface area contributed by atoms with Gasteiger partial charge in [0.2, 0.25) is 12.5 Å². The molecule has 0 spiro atoms. The van der Waals surface area contributed by atoms with Crippen LogP contribution in [0.1, 0.15) is 11.6 Å². The number of methoxy groups -OCH3 is 1. The molecule has 2 heterocycles. The van der Waals surface area contributed by atoms with Gasteiger partial charge in [0.15, 0.2) is 11.5 Å². The van der Waals surface area contributed by atoms with E-state index in [1.165, 1.54) is 7.11 Å². The van der Waals surface area contributed by atoms with E-state index in [4.69, 9.17) is 14.2 Å². The van der Waals surface area contributed by atoms with Crippen molar-refractivity contribution in [2.24, 2.45) is 0 Å². The summed E-state index contributed by atoms with van der Waals surface area (Å²) in [5.41, 5.74) is 0.583. The Morgan fingerprint density at radius 2 is 2.17 bits per heavy atom. The van der Waals surface area contributed by atoms with E-state index in [-0.39, 0.29) is 6.79 Å². The monoisotopic (exact) mass is 250 g/mol. The van der Waals surface area contributed by atoms with Gasteiger partial charge in [-0.15, -0.1) is 0 Å². The number of rotatable bonds is 2. The van der Waals surface area contributed by atoms with Gasteiger partial charge in [-0.2, -0.15) is 0 Å². The second-order valence-corrected chi connectivity index (χ2v) is 3.85. The average Bonchev–Trinajstić information content (AvgIpc) is 2.93. The molecule has 1 unspecified atom stereocenters. The number of carbonyl (C=O) groups is 2. The van der Waals surface area contributed by atoms with Gasteiger partial charge in [-0.25, -0.2) is 4.79 Å². The van der Waals surface area contributed by atoms with Crippen molar-refractivity contribution in [1.29, 1.82) is 0 Å². The minimum atomic E-state index is -0.735. The van der Waals surface area contributed by atoms with Gasteiger partial charge < -0.3 is 19.5 Å². The normalized spacial score (nSPS) is 20.6. The predicted octanol–water partition coefficient (Wildman–Crippen LogP) is 0.304. The van der Waals surface area contributed by atoms with Gasteiger partial charge in [-0.05, 0) is 17.7 Å². The average molecular weight is 250 g/mol. The van der Waals surface area contributed by atoms with Crippen LogP contribution >= 0.6 is 0 Å². The molecule has 1 atom stereocenters. The van der Waals surface area contributed by atoms with E-state index in [0.717, 1.165) is 0 Å². The van der Waals surface area contributed by atoms with E-state index in [0.29, 0.717) is 22.8 Å². The molecule has 0 radical (unpaired) electrons. The Bertz CT molecular complexity index is 542. The van der Waals surface area contributed by atoms with Gasteiger partial charge in [-0.1, -0.05) is 0 Å². The van der Waals surface area contributed by atoms with Gasteiger partial charge in [0, 0.05) is 0 Å². The lowest BCUT2D eigenvalue weighted by atomic mass is 10.1. The van der Waals surface area contributed by atoms with E-state index in [1.807, 2.05) is 0 Å². The van der Waals surface area contributed by atoms with Crippen LogP contribution in [0.25, 0.3) is 0 Å². The third-order valence-electron chi connectivity index (χ3n) is 2.79. The zero-order valence-electron chi connectivity index (χ0n) is 9.48. The lowest BCUT2D eigenvalue weighted by molar-refractivity contribution is -0.120. The lowest BCUT2D eigenvalue weighted by Gasteiger charge is -2.11. The Morgan fingerprint density at radius 1 is 1.33 bits per heavy atom. The molecule has 18 heavy (non-hydrogen) atoms. The van der Waals surface area contributed by atoms with Crippen LogP contribution in [0.15, 0.2) is 12.1 Å². The summed E-state index contributed by atoms with van der Waals surface area (Å²) in [5.74, 6) is 1.07. The molecule has 1 aromatic rings. The van der Waals surface area contributed by atoms with Gasteiger partial charge in [-0.3, -0.25) is 10.1 Å². The molecule has 3 rings (SSSR count). The highest BCUT2D eigenvalue weighted by Crippen LogP contribution is 2.43. The molecule has 7 nitrogen and oxygen atoms in total. The molecule has 1 fully saturated rings. The number of amides is 3. The molecule has 0 saturated carbocycles. The Morgan fingerprint density at radius 3 is 2.83 bits per heavy atom. The Labute approximate surface area is 102 Å². The molecule has 3 amide bonds. The highest BCUT2D eigenvalue weighted by molar-refractivity contribution is 6.04. The van der Waals surface area contributed by atoms with Gasteiger partial charge in [0.05, 0.1) is 7.11 Å². The van der Waals surface area contributed by atoms with Crippen molar-refractivity contribution in [1.82, 2.24) is 10.6 Å². The number of imide groups is 1. The van der Waals surface area contributed by atoms with Crippen molar-refractivity contribution >= 4 is 11.9 Å². The minimum Gasteiger partial charge on any atom is -0.493 e. The van der Waals surface area contributed by atoms with Crippen molar-refractivity contribution in [2.75, 3.05) is 13.9 Å². The van der Waals surface area contributed by atoms with Gasteiger partial charge in [0.1, 0.15) is 6.04 Å². The summed E-state index contributed by atoms with van der Waals surface area (Å²) in [6, 6.07) is 2.05. The first-order chi connectivity index (χ1) is 8.69. The van der Waals surface area contributed by atoms with Crippen LogP contribution in [0.2, 0.25) is 0 Å².